The van der Waals surface area contributed by atoms with Crippen LogP contribution in [0.15, 0.2) is 78.9 Å². The van der Waals surface area contributed by atoms with E-state index in [2.05, 4.69) is 16.2 Å². The molecule has 0 heterocycles. The maximum Gasteiger partial charge on any atom is 0.343 e. The van der Waals surface area contributed by atoms with Gasteiger partial charge in [0.05, 0.1) is 5.56 Å². The highest BCUT2D eigenvalue weighted by Gasteiger charge is 2.11. The SMILES string of the molecule is CC(=O)Nc1ccc(C(=O)NNC(=O)/C=C/c2ccccc2OC(=O)c2ccc(Cl)cc2)cc1. The van der Waals surface area contributed by atoms with Gasteiger partial charge in [0.25, 0.3) is 11.8 Å². The molecule has 0 spiro atoms. The van der Waals surface area contributed by atoms with Gasteiger partial charge in [-0.3, -0.25) is 25.2 Å². The number of nitrogens with one attached hydrogen (secondary N) is 3. The number of carbonyl (C=O) groups is 4. The Labute approximate surface area is 200 Å². The first-order valence-corrected chi connectivity index (χ1v) is 10.4. The minimum Gasteiger partial charge on any atom is -0.422 e. The number of carbonyl (C=O) groups excluding carboxylic acids is 4. The fourth-order valence-corrected chi connectivity index (χ4v) is 2.89. The van der Waals surface area contributed by atoms with Crippen LogP contribution in [0.2, 0.25) is 5.02 Å². The summed E-state index contributed by atoms with van der Waals surface area (Å²) in [6.07, 6.45) is 2.64. The van der Waals surface area contributed by atoms with Crippen LogP contribution in [0.3, 0.4) is 0 Å². The van der Waals surface area contributed by atoms with Gasteiger partial charge in [-0.15, -0.1) is 0 Å². The van der Waals surface area contributed by atoms with Gasteiger partial charge in [-0.2, -0.15) is 0 Å². The summed E-state index contributed by atoms with van der Waals surface area (Å²) in [4.78, 5) is 47.7. The van der Waals surface area contributed by atoms with Crippen molar-refractivity contribution >= 4 is 47.1 Å². The van der Waals surface area contributed by atoms with Gasteiger partial charge in [0.2, 0.25) is 5.91 Å². The van der Waals surface area contributed by atoms with Gasteiger partial charge in [0, 0.05) is 34.8 Å². The fourth-order valence-electron chi connectivity index (χ4n) is 2.76. The molecule has 3 amide bonds. The van der Waals surface area contributed by atoms with Crippen molar-refractivity contribution in [2.45, 2.75) is 6.92 Å². The fraction of sp³-hybridized carbons (Fsp3) is 0.0400. The number of amides is 3. The van der Waals surface area contributed by atoms with Crippen molar-refractivity contribution in [2.75, 3.05) is 5.32 Å². The lowest BCUT2D eigenvalue weighted by molar-refractivity contribution is -0.117. The Bertz CT molecular complexity index is 1240. The van der Waals surface area contributed by atoms with E-state index in [0.717, 1.165) is 0 Å². The summed E-state index contributed by atoms with van der Waals surface area (Å²) >= 11 is 5.84. The van der Waals surface area contributed by atoms with Crippen molar-refractivity contribution in [2.24, 2.45) is 0 Å². The number of esters is 1. The second kappa shape index (κ2) is 11.4. The molecule has 9 heteroatoms. The molecule has 3 aromatic rings. The molecular formula is C25H20ClN3O5. The summed E-state index contributed by atoms with van der Waals surface area (Å²) in [5.41, 5.74) is 6.22. The lowest BCUT2D eigenvalue weighted by Gasteiger charge is -2.08. The first kappa shape index (κ1) is 24.2. The van der Waals surface area contributed by atoms with Crippen molar-refractivity contribution < 1.29 is 23.9 Å². The predicted molar refractivity (Wildman–Crippen MR) is 128 cm³/mol. The second-order valence-corrected chi connectivity index (χ2v) is 7.41. The van der Waals surface area contributed by atoms with Crippen molar-refractivity contribution in [3.63, 3.8) is 0 Å². The van der Waals surface area contributed by atoms with E-state index in [1.807, 2.05) is 0 Å². The van der Waals surface area contributed by atoms with E-state index < -0.39 is 17.8 Å². The molecule has 0 fully saturated rings. The minimum atomic E-state index is -0.595. The number of halogens is 1. The molecular weight excluding hydrogens is 458 g/mol. The van der Waals surface area contributed by atoms with Crippen LogP contribution in [0.5, 0.6) is 5.75 Å². The van der Waals surface area contributed by atoms with E-state index in [4.69, 9.17) is 16.3 Å². The average molecular weight is 478 g/mol. The lowest BCUT2D eigenvalue weighted by atomic mass is 10.2. The molecule has 0 aliphatic heterocycles. The first-order valence-electron chi connectivity index (χ1n) is 10.0. The molecule has 3 aromatic carbocycles. The van der Waals surface area contributed by atoms with Crippen LogP contribution in [0.1, 0.15) is 33.2 Å². The van der Waals surface area contributed by atoms with Crippen molar-refractivity contribution in [3.05, 3.63) is 101 Å². The van der Waals surface area contributed by atoms with Gasteiger partial charge in [-0.1, -0.05) is 29.8 Å². The predicted octanol–water partition coefficient (Wildman–Crippen LogP) is 3.99. The van der Waals surface area contributed by atoms with E-state index in [0.29, 0.717) is 21.8 Å². The number of rotatable bonds is 6. The Morgan fingerprint density at radius 2 is 1.47 bits per heavy atom. The summed E-state index contributed by atoms with van der Waals surface area (Å²) in [5.74, 6) is -1.67. The molecule has 172 valence electrons. The number of anilines is 1. The van der Waals surface area contributed by atoms with E-state index in [9.17, 15) is 19.2 Å². The maximum absolute atomic E-state index is 12.4. The highest BCUT2D eigenvalue weighted by atomic mass is 35.5. The Hall–Kier alpha value is -4.43. The van der Waals surface area contributed by atoms with Gasteiger partial charge in [0.15, 0.2) is 0 Å². The Morgan fingerprint density at radius 1 is 0.824 bits per heavy atom. The summed E-state index contributed by atoms with van der Waals surface area (Å²) < 4.78 is 5.43. The summed E-state index contributed by atoms with van der Waals surface area (Å²) in [6, 6.07) is 19.1. The maximum atomic E-state index is 12.4. The van der Waals surface area contributed by atoms with Crippen LogP contribution in [0.25, 0.3) is 6.08 Å². The van der Waals surface area contributed by atoms with Gasteiger partial charge in [-0.05, 0) is 60.7 Å². The third kappa shape index (κ3) is 7.04. The number of ether oxygens (including phenoxy) is 1. The Kier molecular flexibility index (Phi) is 8.15. The zero-order chi connectivity index (χ0) is 24.5. The molecule has 0 aliphatic rings. The topological polar surface area (TPSA) is 114 Å². The number of hydrazine groups is 1. The van der Waals surface area contributed by atoms with Crippen LogP contribution in [0.4, 0.5) is 5.69 Å². The monoisotopic (exact) mass is 477 g/mol. The van der Waals surface area contributed by atoms with Crippen molar-refractivity contribution in [1.82, 2.24) is 10.9 Å². The molecule has 3 N–H and O–H groups in total. The molecule has 0 radical (unpaired) electrons. The first-order chi connectivity index (χ1) is 16.3. The largest absolute Gasteiger partial charge is 0.422 e. The normalized spacial score (nSPS) is 10.4. The molecule has 0 unspecified atom stereocenters. The molecule has 0 saturated heterocycles. The average Bonchev–Trinajstić information content (AvgIpc) is 2.82. The molecule has 0 saturated carbocycles. The molecule has 8 nitrogen and oxygen atoms in total. The third-order valence-electron chi connectivity index (χ3n) is 4.38. The Morgan fingerprint density at radius 3 is 2.15 bits per heavy atom. The van der Waals surface area contributed by atoms with E-state index >= 15 is 0 Å². The van der Waals surface area contributed by atoms with Crippen LogP contribution < -0.4 is 20.9 Å². The van der Waals surface area contributed by atoms with E-state index in [1.54, 1.807) is 60.7 Å². The summed E-state index contributed by atoms with van der Waals surface area (Å²) in [5, 5.41) is 3.09. The smallest absolute Gasteiger partial charge is 0.343 e. The number of hydrogen-bond acceptors (Lipinski definition) is 5. The van der Waals surface area contributed by atoms with Crippen LogP contribution in [-0.4, -0.2) is 23.7 Å². The standard InChI is InChI=1S/C25H20ClN3O5/c1-16(30)27-21-13-8-18(9-14-21)24(32)29-28-23(31)15-10-17-4-2-3-5-22(17)34-25(33)19-6-11-20(26)12-7-19/h2-15H,1H3,(H,27,30)(H,28,31)(H,29,32)/b15-10+. The van der Waals surface area contributed by atoms with Crippen LogP contribution >= 0.6 is 11.6 Å². The Balaban J connectivity index is 1.57. The molecule has 0 aromatic heterocycles. The lowest BCUT2D eigenvalue weighted by Crippen LogP contribution is -2.40. The third-order valence-corrected chi connectivity index (χ3v) is 4.63. The van der Waals surface area contributed by atoms with Gasteiger partial charge < -0.3 is 10.1 Å². The number of para-hydroxylation sites is 1. The highest BCUT2D eigenvalue weighted by Crippen LogP contribution is 2.21. The highest BCUT2D eigenvalue weighted by molar-refractivity contribution is 6.30. The molecule has 0 aliphatic carbocycles. The zero-order valence-electron chi connectivity index (χ0n) is 18.0. The quantitative estimate of drug-likeness (QED) is 0.215. The summed E-state index contributed by atoms with van der Waals surface area (Å²) in [7, 11) is 0. The molecule has 0 atom stereocenters. The number of benzene rings is 3. The molecule has 0 bridgehead atoms. The zero-order valence-corrected chi connectivity index (χ0v) is 18.8. The van der Waals surface area contributed by atoms with E-state index in [-0.39, 0.29) is 17.2 Å². The van der Waals surface area contributed by atoms with Gasteiger partial charge in [0.1, 0.15) is 5.75 Å². The minimum absolute atomic E-state index is 0.224. The van der Waals surface area contributed by atoms with Gasteiger partial charge in [-0.25, -0.2) is 4.79 Å². The molecule has 3 rings (SSSR count). The molecule has 34 heavy (non-hydrogen) atoms. The summed E-state index contributed by atoms with van der Waals surface area (Å²) in [6.45, 7) is 1.38. The number of hydrogen-bond donors (Lipinski definition) is 3. The van der Waals surface area contributed by atoms with Crippen LogP contribution in [0, 0.1) is 0 Å². The van der Waals surface area contributed by atoms with Gasteiger partial charge >= 0.3 is 5.97 Å². The van der Waals surface area contributed by atoms with Crippen molar-refractivity contribution in [1.29, 1.82) is 0 Å². The second-order valence-electron chi connectivity index (χ2n) is 6.97. The van der Waals surface area contributed by atoms with Crippen molar-refractivity contribution in [3.8, 4) is 5.75 Å². The van der Waals surface area contributed by atoms with E-state index in [1.165, 1.54) is 31.2 Å². The van der Waals surface area contributed by atoms with Crippen LogP contribution in [-0.2, 0) is 9.59 Å².